The number of hydrogen-bond donors (Lipinski definition) is 2. The topological polar surface area (TPSA) is 98.2 Å². The minimum atomic E-state index is -1.57. The van der Waals surface area contributed by atoms with Crippen molar-refractivity contribution in [3.8, 4) is 0 Å². The van der Waals surface area contributed by atoms with Crippen LogP contribution >= 0.6 is 0 Å². The number of aliphatic hydroxyl groups excluding tert-OH is 1. The Labute approximate surface area is 162 Å². The summed E-state index contributed by atoms with van der Waals surface area (Å²) < 4.78 is 13.2. The highest BCUT2D eigenvalue weighted by molar-refractivity contribution is 5.86. The lowest BCUT2D eigenvalue weighted by atomic mass is 9.73. The Hall–Kier alpha value is -2.48. The van der Waals surface area contributed by atoms with E-state index in [0.717, 1.165) is 12.8 Å². The molecule has 2 fully saturated rings. The van der Waals surface area contributed by atoms with Gasteiger partial charge >= 0.3 is 5.97 Å². The van der Waals surface area contributed by atoms with E-state index < -0.39 is 23.3 Å². The van der Waals surface area contributed by atoms with Gasteiger partial charge in [-0.15, -0.1) is 0 Å². The zero-order valence-electron chi connectivity index (χ0n) is 15.6. The highest BCUT2D eigenvalue weighted by atomic mass is 19.1. The van der Waals surface area contributed by atoms with Crippen LogP contribution in [0.1, 0.15) is 31.2 Å². The molecule has 2 aliphatic rings. The summed E-state index contributed by atoms with van der Waals surface area (Å²) in [6, 6.07) is 5.45. The number of hydrogen-bond acceptors (Lipinski definition) is 4. The van der Waals surface area contributed by atoms with Crippen LogP contribution in [-0.4, -0.2) is 70.1 Å². The summed E-state index contributed by atoms with van der Waals surface area (Å²) in [4.78, 5) is 39.8. The van der Waals surface area contributed by atoms with Crippen LogP contribution in [0, 0.1) is 11.2 Å². The molecule has 0 aliphatic carbocycles. The number of carboxylic acids is 1. The van der Waals surface area contributed by atoms with Gasteiger partial charge in [-0.1, -0.05) is 12.1 Å². The third kappa shape index (κ3) is 4.16. The molecule has 2 heterocycles. The summed E-state index contributed by atoms with van der Waals surface area (Å²) in [5.41, 5.74) is -0.999. The highest BCUT2D eigenvalue weighted by Gasteiger charge is 2.50. The summed E-state index contributed by atoms with van der Waals surface area (Å²) >= 11 is 0. The number of aliphatic carboxylic acids is 1. The minimum absolute atomic E-state index is 0.0177. The average Bonchev–Trinajstić information content (AvgIpc) is 2.67. The molecule has 3 rings (SSSR count). The van der Waals surface area contributed by atoms with Crippen LogP contribution < -0.4 is 0 Å². The Bertz CT molecular complexity index is 753. The molecular formula is C20H25FN2O5. The van der Waals surface area contributed by atoms with Gasteiger partial charge in [-0.05, 0) is 43.4 Å². The lowest BCUT2D eigenvalue weighted by Crippen LogP contribution is -2.59. The van der Waals surface area contributed by atoms with Gasteiger partial charge in [0.15, 0.2) is 0 Å². The normalized spacial score (nSPS) is 25.6. The van der Waals surface area contributed by atoms with Crippen molar-refractivity contribution in [2.45, 2.75) is 38.2 Å². The minimum Gasteiger partial charge on any atom is -0.481 e. The Balaban J connectivity index is 1.76. The molecule has 7 nitrogen and oxygen atoms in total. The second kappa shape index (κ2) is 8.26. The van der Waals surface area contributed by atoms with E-state index in [0.29, 0.717) is 18.5 Å². The predicted octanol–water partition coefficient (Wildman–Crippen LogP) is 1.04. The number of halogens is 1. The second-order valence-electron chi connectivity index (χ2n) is 7.66. The summed E-state index contributed by atoms with van der Waals surface area (Å²) in [7, 11) is 0. The van der Waals surface area contributed by atoms with Crippen molar-refractivity contribution < 1.29 is 29.0 Å². The Kier molecular flexibility index (Phi) is 5.98. The Morgan fingerprint density at radius 1 is 1.18 bits per heavy atom. The van der Waals surface area contributed by atoms with Crippen molar-refractivity contribution in [1.82, 2.24) is 9.80 Å². The third-order valence-corrected chi connectivity index (χ3v) is 5.74. The van der Waals surface area contributed by atoms with Gasteiger partial charge in [-0.25, -0.2) is 4.39 Å². The maximum absolute atomic E-state index is 13.2. The van der Waals surface area contributed by atoms with Crippen LogP contribution in [0.4, 0.5) is 4.39 Å². The number of nitrogens with zero attached hydrogens (tertiary/aromatic N) is 2. The predicted molar refractivity (Wildman–Crippen MR) is 97.8 cm³/mol. The monoisotopic (exact) mass is 392 g/mol. The SMILES string of the molecule is O=C1CCCCN1CC(=O)N1CC[C@@H](O)[C@](Cc2ccc(F)cc2)(C(=O)O)C1. The molecule has 0 unspecified atom stereocenters. The quantitative estimate of drug-likeness (QED) is 0.780. The average molecular weight is 392 g/mol. The largest absolute Gasteiger partial charge is 0.481 e. The molecule has 2 N–H and O–H groups in total. The van der Waals surface area contributed by atoms with Crippen LogP contribution in [0.15, 0.2) is 24.3 Å². The van der Waals surface area contributed by atoms with Gasteiger partial charge in [0.1, 0.15) is 11.2 Å². The first-order valence-electron chi connectivity index (χ1n) is 9.53. The van der Waals surface area contributed by atoms with E-state index in [1.54, 1.807) is 0 Å². The van der Waals surface area contributed by atoms with Crippen LogP contribution in [0.5, 0.6) is 0 Å². The molecule has 0 radical (unpaired) electrons. The van der Waals surface area contributed by atoms with Crippen molar-refractivity contribution in [2.75, 3.05) is 26.2 Å². The Morgan fingerprint density at radius 2 is 1.89 bits per heavy atom. The van der Waals surface area contributed by atoms with E-state index in [-0.39, 0.29) is 44.3 Å². The molecule has 8 heteroatoms. The molecule has 28 heavy (non-hydrogen) atoms. The maximum atomic E-state index is 13.2. The summed E-state index contributed by atoms with van der Waals surface area (Å²) in [5, 5.41) is 20.4. The number of amides is 2. The van der Waals surface area contributed by atoms with Crippen molar-refractivity contribution in [3.05, 3.63) is 35.6 Å². The lowest BCUT2D eigenvalue weighted by Gasteiger charge is -2.44. The molecule has 0 spiro atoms. The van der Waals surface area contributed by atoms with Gasteiger partial charge in [0.05, 0.1) is 12.6 Å². The maximum Gasteiger partial charge on any atom is 0.314 e. The number of likely N-dealkylation sites (tertiary alicyclic amines) is 2. The van der Waals surface area contributed by atoms with Crippen LogP contribution in [0.3, 0.4) is 0 Å². The molecule has 2 atom stereocenters. The molecule has 1 aromatic rings. The molecule has 1 aromatic carbocycles. The van der Waals surface area contributed by atoms with Crippen molar-refractivity contribution >= 4 is 17.8 Å². The number of carbonyl (C=O) groups excluding carboxylic acids is 2. The van der Waals surface area contributed by atoms with Gasteiger partial charge in [0.2, 0.25) is 11.8 Å². The van der Waals surface area contributed by atoms with E-state index in [1.807, 2.05) is 0 Å². The van der Waals surface area contributed by atoms with E-state index in [2.05, 4.69) is 0 Å². The van der Waals surface area contributed by atoms with Crippen LogP contribution in [0.2, 0.25) is 0 Å². The summed E-state index contributed by atoms with van der Waals surface area (Å²) in [5.74, 6) is -2.00. The standard InChI is InChI=1S/C20H25FN2O5/c21-15-6-4-14(5-7-15)11-20(19(27)28)13-23(10-8-16(20)24)18(26)12-22-9-2-1-3-17(22)25/h4-7,16,24H,1-3,8-13H2,(H,27,28)/t16-,20-/m1/s1. The van der Waals surface area contributed by atoms with E-state index >= 15 is 0 Å². The molecule has 2 saturated heterocycles. The zero-order chi connectivity index (χ0) is 20.3. The summed E-state index contributed by atoms with van der Waals surface area (Å²) in [6.45, 7) is 0.546. The van der Waals surface area contributed by atoms with Gasteiger partial charge in [-0.2, -0.15) is 0 Å². The molecular weight excluding hydrogens is 367 g/mol. The van der Waals surface area contributed by atoms with Crippen LogP contribution in [0.25, 0.3) is 0 Å². The molecule has 2 amide bonds. The molecule has 152 valence electrons. The van der Waals surface area contributed by atoms with Gasteiger partial charge < -0.3 is 20.0 Å². The fourth-order valence-electron chi connectivity index (χ4n) is 4.01. The fraction of sp³-hybridized carbons (Fsp3) is 0.550. The van der Waals surface area contributed by atoms with Gasteiger partial charge in [0, 0.05) is 26.1 Å². The number of piperidine rings is 2. The van der Waals surface area contributed by atoms with Crippen molar-refractivity contribution in [2.24, 2.45) is 5.41 Å². The number of benzene rings is 1. The first kappa shape index (κ1) is 20.3. The van der Waals surface area contributed by atoms with Crippen LogP contribution in [-0.2, 0) is 20.8 Å². The number of rotatable bonds is 5. The van der Waals surface area contributed by atoms with Gasteiger partial charge in [0.25, 0.3) is 0 Å². The van der Waals surface area contributed by atoms with E-state index in [9.17, 15) is 29.0 Å². The first-order chi connectivity index (χ1) is 13.3. The third-order valence-electron chi connectivity index (χ3n) is 5.74. The second-order valence-corrected chi connectivity index (χ2v) is 7.66. The number of carboxylic acid groups (broad SMARTS) is 1. The summed E-state index contributed by atoms with van der Waals surface area (Å²) in [6.07, 6.45) is 1.08. The lowest BCUT2D eigenvalue weighted by molar-refractivity contribution is -0.166. The van der Waals surface area contributed by atoms with E-state index in [1.165, 1.54) is 34.1 Å². The first-order valence-corrected chi connectivity index (χ1v) is 9.53. The molecule has 0 bridgehead atoms. The highest BCUT2D eigenvalue weighted by Crippen LogP contribution is 2.35. The van der Waals surface area contributed by atoms with Crippen molar-refractivity contribution in [1.29, 1.82) is 0 Å². The van der Waals surface area contributed by atoms with Crippen molar-refractivity contribution in [3.63, 3.8) is 0 Å². The Morgan fingerprint density at radius 3 is 2.54 bits per heavy atom. The zero-order valence-corrected chi connectivity index (χ0v) is 15.6. The molecule has 0 aromatic heterocycles. The fourth-order valence-corrected chi connectivity index (χ4v) is 4.01. The van der Waals surface area contributed by atoms with E-state index in [4.69, 9.17) is 0 Å². The molecule has 2 aliphatic heterocycles. The van der Waals surface area contributed by atoms with Gasteiger partial charge in [-0.3, -0.25) is 14.4 Å². The smallest absolute Gasteiger partial charge is 0.314 e. The number of carbonyl (C=O) groups is 3. The molecule has 0 saturated carbocycles. The number of aliphatic hydroxyl groups is 1.